The van der Waals surface area contributed by atoms with Crippen LogP contribution in [0.1, 0.15) is 16.7 Å². The van der Waals surface area contributed by atoms with Crippen LogP contribution in [0.4, 0.5) is 5.69 Å². The fourth-order valence-electron chi connectivity index (χ4n) is 2.61. The van der Waals surface area contributed by atoms with Crippen LogP contribution in [-0.2, 0) is 13.2 Å². The second-order valence-corrected chi connectivity index (χ2v) is 6.94. The van der Waals surface area contributed by atoms with E-state index in [9.17, 15) is 0 Å². The van der Waals surface area contributed by atoms with Gasteiger partial charge < -0.3 is 14.8 Å². The van der Waals surface area contributed by atoms with Crippen molar-refractivity contribution >= 4 is 21.6 Å². The molecule has 3 aromatic rings. The molecule has 1 N–H and O–H groups in total. The van der Waals surface area contributed by atoms with Crippen molar-refractivity contribution in [1.82, 2.24) is 0 Å². The average Bonchev–Trinajstić information content (AvgIpc) is 2.67. The maximum Gasteiger partial charge on any atom is 0.127 e. The van der Waals surface area contributed by atoms with Crippen molar-refractivity contribution in [3.05, 3.63) is 87.9 Å². The number of para-hydroxylation sites is 1. The molecule has 0 amide bonds. The van der Waals surface area contributed by atoms with Gasteiger partial charge in [0.15, 0.2) is 0 Å². The van der Waals surface area contributed by atoms with Gasteiger partial charge in [0.1, 0.15) is 18.1 Å². The molecule has 0 atom stereocenters. The first-order valence-electron chi connectivity index (χ1n) is 8.49. The number of benzene rings is 3. The molecule has 3 rings (SSSR count). The van der Waals surface area contributed by atoms with E-state index in [1.165, 1.54) is 5.56 Å². The summed E-state index contributed by atoms with van der Waals surface area (Å²) in [6.45, 7) is 3.29. The lowest BCUT2D eigenvalue weighted by molar-refractivity contribution is 0.303. The molecular weight excluding hydrogens is 390 g/mol. The Bertz CT molecular complexity index is 862. The molecule has 0 saturated heterocycles. The monoisotopic (exact) mass is 411 g/mol. The van der Waals surface area contributed by atoms with Gasteiger partial charge in [-0.15, -0.1) is 0 Å². The van der Waals surface area contributed by atoms with E-state index in [-0.39, 0.29) is 0 Å². The number of hydrogen-bond donors (Lipinski definition) is 1. The molecule has 0 heterocycles. The minimum atomic E-state index is 0.540. The highest BCUT2D eigenvalue weighted by Crippen LogP contribution is 2.28. The summed E-state index contributed by atoms with van der Waals surface area (Å²) in [5, 5.41) is 3.42. The fraction of sp³-hybridized carbons (Fsp3) is 0.182. The number of methoxy groups -OCH3 is 1. The van der Waals surface area contributed by atoms with Gasteiger partial charge in [0.2, 0.25) is 0 Å². The molecule has 0 aromatic heterocycles. The van der Waals surface area contributed by atoms with Crippen LogP contribution >= 0.6 is 15.9 Å². The van der Waals surface area contributed by atoms with Crippen LogP contribution in [-0.4, -0.2) is 7.11 Å². The second-order valence-electron chi connectivity index (χ2n) is 6.08. The summed E-state index contributed by atoms with van der Waals surface area (Å²) in [6.07, 6.45) is 0. The van der Waals surface area contributed by atoms with Crippen LogP contribution < -0.4 is 14.8 Å². The van der Waals surface area contributed by atoms with Crippen molar-refractivity contribution in [3.63, 3.8) is 0 Å². The van der Waals surface area contributed by atoms with Gasteiger partial charge in [-0.3, -0.25) is 0 Å². The highest BCUT2D eigenvalue weighted by Gasteiger charge is 2.07. The Morgan fingerprint density at radius 2 is 1.73 bits per heavy atom. The van der Waals surface area contributed by atoms with Gasteiger partial charge in [-0.2, -0.15) is 0 Å². The summed E-state index contributed by atoms with van der Waals surface area (Å²) in [4.78, 5) is 0. The van der Waals surface area contributed by atoms with Gasteiger partial charge in [0.25, 0.3) is 0 Å². The van der Waals surface area contributed by atoms with Gasteiger partial charge in [-0.05, 0) is 52.7 Å². The van der Waals surface area contributed by atoms with E-state index in [4.69, 9.17) is 9.47 Å². The van der Waals surface area contributed by atoms with Gasteiger partial charge in [-0.1, -0.05) is 42.0 Å². The molecule has 0 spiro atoms. The number of hydrogen-bond acceptors (Lipinski definition) is 3. The Morgan fingerprint density at radius 3 is 2.46 bits per heavy atom. The lowest BCUT2D eigenvalue weighted by Crippen LogP contribution is -2.03. The minimum absolute atomic E-state index is 0.540. The number of aryl methyl sites for hydroxylation is 1. The van der Waals surface area contributed by atoms with Crippen molar-refractivity contribution < 1.29 is 9.47 Å². The Morgan fingerprint density at radius 1 is 0.962 bits per heavy atom. The third kappa shape index (κ3) is 4.79. The minimum Gasteiger partial charge on any atom is -0.496 e. The normalized spacial score (nSPS) is 10.4. The first-order valence-corrected chi connectivity index (χ1v) is 9.28. The van der Waals surface area contributed by atoms with Crippen molar-refractivity contribution in [2.75, 3.05) is 12.4 Å². The Kier molecular flexibility index (Phi) is 6.18. The molecule has 26 heavy (non-hydrogen) atoms. The third-order valence-corrected chi connectivity index (χ3v) is 4.82. The van der Waals surface area contributed by atoms with Gasteiger partial charge in [0, 0.05) is 28.3 Å². The fourth-order valence-corrected chi connectivity index (χ4v) is 3.03. The second kappa shape index (κ2) is 8.77. The summed E-state index contributed by atoms with van der Waals surface area (Å²) in [5.74, 6) is 1.61. The molecule has 0 saturated carbocycles. The quantitative estimate of drug-likeness (QED) is 0.520. The molecule has 0 aliphatic heterocycles. The number of nitrogens with one attached hydrogen (secondary N) is 1. The molecule has 0 aliphatic rings. The van der Waals surface area contributed by atoms with Crippen molar-refractivity contribution in [2.24, 2.45) is 0 Å². The number of ether oxygens (including phenoxy) is 2. The Hall–Kier alpha value is -2.46. The zero-order valence-corrected chi connectivity index (χ0v) is 16.5. The van der Waals surface area contributed by atoms with E-state index in [0.717, 1.165) is 32.8 Å². The van der Waals surface area contributed by atoms with E-state index in [2.05, 4.69) is 52.4 Å². The molecular formula is C22H22BrNO2. The molecule has 3 nitrogen and oxygen atoms in total. The van der Waals surface area contributed by atoms with Crippen LogP contribution in [0.2, 0.25) is 0 Å². The zero-order valence-electron chi connectivity index (χ0n) is 15.0. The Balaban J connectivity index is 1.65. The maximum atomic E-state index is 5.90. The topological polar surface area (TPSA) is 30.5 Å². The third-order valence-electron chi connectivity index (χ3n) is 4.13. The first-order chi connectivity index (χ1) is 12.7. The molecule has 3 aromatic carbocycles. The van der Waals surface area contributed by atoms with Gasteiger partial charge in [0.05, 0.1) is 7.11 Å². The lowest BCUT2D eigenvalue weighted by Gasteiger charge is -2.14. The summed E-state index contributed by atoms with van der Waals surface area (Å²) < 4.78 is 12.5. The molecule has 0 bridgehead atoms. The number of rotatable bonds is 7. The van der Waals surface area contributed by atoms with Crippen LogP contribution in [0.5, 0.6) is 11.5 Å². The predicted molar refractivity (Wildman–Crippen MR) is 110 cm³/mol. The summed E-state index contributed by atoms with van der Waals surface area (Å²) >= 11 is 3.55. The van der Waals surface area contributed by atoms with Crippen LogP contribution in [0, 0.1) is 6.92 Å². The number of anilines is 1. The first kappa shape index (κ1) is 18.3. The largest absolute Gasteiger partial charge is 0.496 e. The van der Waals surface area contributed by atoms with E-state index >= 15 is 0 Å². The molecule has 0 radical (unpaired) electrons. The average molecular weight is 412 g/mol. The van der Waals surface area contributed by atoms with E-state index < -0.39 is 0 Å². The molecule has 0 fully saturated rings. The van der Waals surface area contributed by atoms with E-state index in [1.54, 1.807) is 7.11 Å². The van der Waals surface area contributed by atoms with Crippen LogP contribution in [0.3, 0.4) is 0 Å². The molecule has 0 aliphatic carbocycles. The molecule has 0 unspecified atom stereocenters. The summed E-state index contributed by atoms with van der Waals surface area (Å²) in [5.41, 5.74) is 4.52. The lowest BCUT2D eigenvalue weighted by atomic mass is 10.1. The molecule has 134 valence electrons. The number of halogens is 1. The Labute approximate surface area is 163 Å². The highest BCUT2D eigenvalue weighted by atomic mass is 79.9. The van der Waals surface area contributed by atoms with Crippen molar-refractivity contribution in [2.45, 2.75) is 20.1 Å². The van der Waals surface area contributed by atoms with E-state index in [1.807, 2.05) is 42.5 Å². The smallest absolute Gasteiger partial charge is 0.127 e. The zero-order chi connectivity index (χ0) is 18.4. The SMILES string of the molecule is COc1cc(OCc2ccc(C)cc2)ccc1CNc1ccccc1Br. The highest BCUT2D eigenvalue weighted by molar-refractivity contribution is 9.10. The van der Waals surface area contributed by atoms with Gasteiger partial charge >= 0.3 is 0 Å². The predicted octanol–water partition coefficient (Wildman–Crippen LogP) is 5.96. The van der Waals surface area contributed by atoms with E-state index in [0.29, 0.717) is 13.2 Å². The summed E-state index contributed by atoms with van der Waals surface area (Å²) in [7, 11) is 1.68. The van der Waals surface area contributed by atoms with Crippen LogP contribution in [0.15, 0.2) is 71.2 Å². The molecule has 4 heteroatoms. The maximum absolute atomic E-state index is 5.90. The summed E-state index contributed by atoms with van der Waals surface area (Å²) in [6, 6.07) is 22.4. The van der Waals surface area contributed by atoms with Crippen LogP contribution in [0.25, 0.3) is 0 Å². The van der Waals surface area contributed by atoms with Crippen molar-refractivity contribution in [3.8, 4) is 11.5 Å². The standard InChI is InChI=1S/C22H22BrNO2/c1-16-7-9-17(10-8-16)15-26-19-12-11-18(22(13-19)25-2)14-24-21-6-4-3-5-20(21)23/h3-13,24H,14-15H2,1-2H3. The van der Waals surface area contributed by atoms with Crippen molar-refractivity contribution in [1.29, 1.82) is 0 Å². The van der Waals surface area contributed by atoms with Gasteiger partial charge in [-0.25, -0.2) is 0 Å².